The Morgan fingerprint density at radius 2 is 1.04 bits per heavy atom. The fourth-order valence-electron chi connectivity index (χ4n) is 7.07. The topological polar surface area (TPSA) is 161 Å². The van der Waals surface area contributed by atoms with Crippen molar-refractivity contribution in [2.45, 2.75) is 236 Å². The highest BCUT2D eigenvalue weighted by molar-refractivity contribution is 5.76. The van der Waals surface area contributed by atoms with Gasteiger partial charge in [-0.2, -0.15) is 0 Å². The first-order chi connectivity index (χ1) is 25.3. The summed E-state index contributed by atoms with van der Waals surface area (Å²) < 4.78 is 11.2. The van der Waals surface area contributed by atoms with Crippen molar-refractivity contribution in [2.75, 3.05) is 26.3 Å². The molecule has 1 heterocycles. The maximum absolute atomic E-state index is 12.9. The Morgan fingerprint density at radius 1 is 0.615 bits per heavy atom. The van der Waals surface area contributed by atoms with Crippen LogP contribution in [0.1, 0.15) is 194 Å². The minimum atomic E-state index is -1.56. The second-order valence-corrected chi connectivity index (χ2v) is 15.6. The molecule has 0 aromatic rings. The van der Waals surface area contributed by atoms with E-state index in [1.165, 1.54) is 141 Å². The van der Waals surface area contributed by atoms with Gasteiger partial charge < -0.3 is 45.6 Å². The van der Waals surface area contributed by atoms with Crippen LogP contribution in [0.2, 0.25) is 0 Å². The minimum absolute atomic E-state index is 0.170. The molecule has 0 radical (unpaired) electrons. The van der Waals surface area contributed by atoms with Crippen molar-refractivity contribution in [3.63, 3.8) is 0 Å². The molecule has 0 aromatic heterocycles. The number of carbonyl (C=O) groups is 1. The van der Waals surface area contributed by atoms with Gasteiger partial charge in [-0.1, -0.05) is 174 Å². The lowest BCUT2D eigenvalue weighted by Gasteiger charge is -2.40. The number of ether oxygens (including phenoxy) is 2. The van der Waals surface area contributed by atoms with E-state index in [0.717, 1.165) is 38.6 Å². The van der Waals surface area contributed by atoms with E-state index < -0.39 is 49.5 Å². The van der Waals surface area contributed by atoms with E-state index in [-0.39, 0.29) is 19.1 Å². The number of rotatable bonds is 37. The molecule has 10 heteroatoms. The molecule has 52 heavy (non-hydrogen) atoms. The Bertz CT molecular complexity index is 791. The lowest BCUT2D eigenvalue weighted by molar-refractivity contribution is -0.302. The molecule has 0 unspecified atom stereocenters. The van der Waals surface area contributed by atoms with Crippen LogP contribution in [0.25, 0.3) is 0 Å². The third-order valence-electron chi connectivity index (χ3n) is 10.7. The van der Waals surface area contributed by atoms with Gasteiger partial charge in [0.2, 0.25) is 5.91 Å². The van der Waals surface area contributed by atoms with Crippen molar-refractivity contribution in [2.24, 2.45) is 0 Å². The first kappa shape index (κ1) is 49.2. The molecule has 7 N–H and O–H groups in total. The standard InChI is InChI=1S/C42H84N2O8/c1-3-5-7-9-11-13-15-17-18-20-22-24-26-28-30-38(47)44-35(34-51-42-41(50)40(49)39(48)37(33-45)52-42)36(46)32-43-31-29-27-25-23-21-19-16-14-12-10-8-6-4-2/h35-37,39-43,45-46,48-50H,3-34H2,1-2H3,(H,44,47)/t35-,36+,37+,39-,40-,41+,42+/m0/s1. The number of nitrogens with one attached hydrogen (secondary N) is 2. The zero-order valence-electron chi connectivity index (χ0n) is 33.6. The van der Waals surface area contributed by atoms with Crippen molar-refractivity contribution >= 4 is 5.91 Å². The summed E-state index contributed by atoms with van der Waals surface area (Å²) in [5, 5.41) is 57.4. The highest BCUT2D eigenvalue weighted by Gasteiger charge is 2.44. The molecule has 7 atom stereocenters. The average Bonchev–Trinajstić information content (AvgIpc) is 3.14. The van der Waals surface area contributed by atoms with Crippen LogP contribution in [0, 0.1) is 0 Å². The van der Waals surface area contributed by atoms with Crippen molar-refractivity contribution in [1.29, 1.82) is 0 Å². The van der Waals surface area contributed by atoms with Gasteiger partial charge in [0.15, 0.2) is 6.29 Å². The minimum Gasteiger partial charge on any atom is -0.394 e. The van der Waals surface area contributed by atoms with Gasteiger partial charge in [-0.25, -0.2) is 0 Å². The molecule has 1 amide bonds. The summed E-state index contributed by atoms with van der Waals surface area (Å²) in [6, 6.07) is -0.773. The third kappa shape index (κ3) is 25.3. The van der Waals surface area contributed by atoms with Gasteiger partial charge in [-0.3, -0.25) is 4.79 Å². The first-order valence-corrected chi connectivity index (χ1v) is 22.0. The lowest BCUT2D eigenvalue weighted by atomic mass is 9.99. The highest BCUT2D eigenvalue weighted by atomic mass is 16.7. The maximum atomic E-state index is 12.9. The molecule has 1 aliphatic rings. The molecule has 1 fully saturated rings. The number of hydrogen-bond acceptors (Lipinski definition) is 9. The van der Waals surface area contributed by atoms with Crippen LogP contribution in [0.5, 0.6) is 0 Å². The Balaban J connectivity index is 2.34. The summed E-state index contributed by atoms with van der Waals surface area (Å²) in [6.07, 6.45) is 26.6. The second-order valence-electron chi connectivity index (χ2n) is 15.6. The van der Waals surface area contributed by atoms with E-state index in [1.54, 1.807) is 0 Å². The highest BCUT2D eigenvalue weighted by Crippen LogP contribution is 2.22. The van der Waals surface area contributed by atoms with Gasteiger partial charge in [0.05, 0.1) is 25.4 Å². The molecule has 0 bridgehead atoms. The quantitative estimate of drug-likeness (QED) is 0.0327. The number of aliphatic hydroxyl groups is 5. The van der Waals surface area contributed by atoms with E-state index in [0.29, 0.717) is 6.42 Å². The number of unbranched alkanes of at least 4 members (excludes halogenated alkanes) is 25. The van der Waals surface area contributed by atoms with E-state index in [9.17, 15) is 30.3 Å². The van der Waals surface area contributed by atoms with Gasteiger partial charge in [0.1, 0.15) is 24.4 Å². The number of hydrogen-bond donors (Lipinski definition) is 7. The van der Waals surface area contributed by atoms with Crippen molar-refractivity contribution in [3.8, 4) is 0 Å². The Kier molecular flexibility index (Phi) is 32.7. The van der Waals surface area contributed by atoms with E-state index in [4.69, 9.17) is 9.47 Å². The Hall–Kier alpha value is -0.850. The summed E-state index contributed by atoms with van der Waals surface area (Å²) in [7, 11) is 0. The molecule has 310 valence electrons. The third-order valence-corrected chi connectivity index (χ3v) is 10.7. The SMILES string of the molecule is CCCCCCCCCCCCCCCCC(=O)N[C@@H](CO[C@@H]1O[C@H](CO)[C@H](O)[C@H](O)[C@H]1O)[C@H](O)CNCCCCCCCCCCCCCCC. The molecule has 10 nitrogen and oxygen atoms in total. The Morgan fingerprint density at radius 3 is 1.48 bits per heavy atom. The van der Waals surface area contributed by atoms with Crippen LogP contribution in [0.4, 0.5) is 0 Å². The van der Waals surface area contributed by atoms with E-state index in [2.05, 4.69) is 24.5 Å². The van der Waals surface area contributed by atoms with Crippen LogP contribution < -0.4 is 10.6 Å². The summed E-state index contributed by atoms with van der Waals surface area (Å²) in [5.74, 6) is -0.170. The normalized spacial score (nSPS) is 21.7. The summed E-state index contributed by atoms with van der Waals surface area (Å²) in [5.41, 5.74) is 0. The van der Waals surface area contributed by atoms with E-state index >= 15 is 0 Å². The van der Waals surface area contributed by atoms with Gasteiger partial charge in [0.25, 0.3) is 0 Å². The molecular formula is C42H84N2O8. The zero-order chi connectivity index (χ0) is 38.1. The molecule has 0 spiro atoms. The summed E-state index contributed by atoms with van der Waals surface area (Å²) in [4.78, 5) is 12.9. The zero-order valence-corrected chi connectivity index (χ0v) is 33.6. The maximum Gasteiger partial charge on any atom is 0.220 e. The molecule has 0 aromatic carbocycles. The monoisotopic (exact) mass is 745 g/mol. The summed E-state index contributed by atoms with van der Waals surface area (Å²) in [6.45, 7) is 4.81. The van der Waals surface area contributed by atoms with E-state index in [1.807, 2.05) is 0 Å². The number of aliphatic hydroxyl groups excluding tert-OH is 5. The van der Waals surface area contributed by atoms with Gasteiger partial charge in [0, 0.05) is 13.0 Å². The van der Waals surface area contributed by atoms with Crippen LogP contribution in [0.3, 0.4) is 0 Å². The van der Waals surface area contributed by atoms with Crippen molar-refractivity contribution in [1.82, 2.24) is 10.6 Å². The van der Waals surface area contributed by atoms with Gasteiger partial charge in [-0.05, 0) is 19.4 Å². The average molecular weight is 745 g/mol. The second kappa shape index (κ2) is 34.6. The molecule has 0 aliphatic carbocycles. The summed E-state index contributed by atoms with van der Waals surface area (Å²) >= 11 is 0. The molecule has 1 rings (SSSR count). The van der Waals surface area contributed by atoms with Crippen molar-refractivity contribution in [3.05, 3.63) is 0 Å². The molecular weight excluding hydrogens is 660 g/mol. The smallest absolute Gasteiger partial charge is 0.220 e. The van der Waals surface area contributed by atoms with Gasteiger partial charge >= 0.3 is 0 Å². The first-order valence-electron chi connectivity index (χ1n) is 22.0. The van der Waals surface area contributed by atoms with Crippen molar-refractivity contribution < 1.29 is 39.8 Å². The molecule has 0 saturated carbocycles. The van der Waals surface area contributed by atoms with Gasteiger partial charge in [-0.15, -0.1) is 0 Å². The van der Waals surface area contributed by atoms with Crippen LogP contribution in [-0.4, -0.2) is 101 Å². The predicted octanol–water partition coefficient (Wildman–Crippen LogP) is 7.20. The fourth-order valence-corrected chi connectivity index (χ4v) is 7.07. The largest absolute Gasteiger partial charge is 0.394 e. The van der Waals surface area contributed by atoms with Crippen LogP contribution in [-0.2, 0) is 14.3 Å². The predicted molar refractivity (Wildman–Crippen MR) is 211 cm³/mol. The fraction of sp³-hybridized carbons (Fsp3) is 0.976. The molecule has 1 aliphatic heterocycles. The number of carbonyl (C=O) groups excluding carboxylic acids is 1. The molecule has 1 saturated heterocycles. The lowest BCUT2D eigenvalue weighted by Crippen LogP contribution is -2.60. The van der Waals surface area contributed by atoms with Crippen LogP contribution in [0.15, 0.2) is 0 Å². The number of amides is 1. The Labute approximate surface area is 318 Å². The van der Waals surface area contributed by atoms with Crippen LogP contribution >= 0.6 is 0 Å².